The summed E-state index contributed by atoms with van der Waals surface area (Å²) in [5.41, 5.74) is 3.29. The molecule has 0 atom stereocenters. The molecule has 0 unspecified atom stereocenters. The molecule has 1 saturated heterocycles. The van der Waals surface area contributed by atoms with E-state index in [0.717, 1.165) is 30.9 Å². The fourth-order valence-electron chi connectivity index (χ4n) is 3.11. The van der Waals surface area contributed by atoms with Crippen LogP contribution in [0.4, 0.5) is 16.2 Å². The minimum absolute atomic E-state index is 0.0272. The van der Waals surface area contributed by atoms with Crippen molar-refractivity contribution < 1.29 is 9.53 Å². The molecule has 0 saturated carbocycles. The van der Waals surface area contributed by atoms with Crippen molar-refractivity contribution >= 4 is 17.4 Å². The van der Waals surface area contributed by atoms with Gasteiger partial charge in [0.2, 0.25) is 0 Å². The summed E-state index contributed by atoms with van der Waals surface area (Å²) in [6, 6.07) is 16.2. The molecule has 0 aliphatic carbocycles. The Hall–Kier alpha value is -2.69. The third kappa shape index (κ3) is 4.48. The number of ether oxygens (including phenoxy) is 1. The number of nitrogens with one attached hydrogen (secondary N) is 1. The maximum atomic E-state index is 12.5. The van der Waals surface area contributed by atoms with E-state index >= 15 is 0 Å². The van der Waals surface area contributed by atoms with Gasteiger partial charge in [0, 0.05) is 37.6 Å². The molecule has 1 heterocycles. The topological polar surface area (TPSA) is 44.8 Å². The molecule has 1 aliphatic heterocycles. The summed E-state index contributed by atoms with van der Waals surface area (Å²) in [6.45, 7) is 7.87. The first kappa shape index (κ1) is 18.1. The lowest BCUT2D eigenvalue weighted by atomic mass is 10.1. The van der Waals surface area contributed by atoms with Gasteiger partial charge in [-0.2, -0.15) is 0 Å². The van der Waals surface area contributed by atoms with Gasteiger partial charge in [-0.1, -0.05) is 19.1 Å². The van der Waals surface area contributed by atoms with Gasteiger partial charge in [-0.3, -0.25) is 0 Å². The van der Waals surface area contributed by atoms with Crippen molar-refractivity contribution in [3.05, 3.63) is 54.1 Å². The van der Waals surface area contributed by atoms with Crippen LogP contribution in [0.15, 0.2) is 48.5 Å². The molecule has 2 aromatic carbocycles. The summed E-state index contributed by atoms with van der Waals surface area (Å²) in [4.78, 5) is 16.6. The van der Waals surface area contributed by atoms with Gasteiger partial charge in [-0.25, -0.2) is 4.79 Å². The van der Waals surface area contributed by atoms with Crippen LogP contribution in [0.1, 0.15) is 19.4 Å². The van der Waals surface area contributed by atoms with Crippen molar-refractivity contribution in [1.82, 2.24) is 4.90 Å². The van der Waals surface area contributed by atoms with Crippen LogP contribution in [-0.4, -0.2) is 43.7 Å². The third-order valence-corrected chi connectivity index (χ3v) is 4.69. The number of hydrogen-bond acceptors (Lipinski definition) is 3. The number of amides is 2. The molecule has 138 valence electrons. The van der Waals surface area contributed by atoms with Gasteiger partial charge in [0.05, 0.1) is 6.61 Å². The predicted octanol–water partition coefficient (Wildman–Crippen LogP) is 4.00. The molecule has 26 heavy (non-hydrogen) atoms. The molecule has 1 fully saturated rings. The first-order valence-corrected chi connectivity index (χ1v) is 9.32. The second kappa shape index (κ2) is 8.61. The lowest BCUT2D eigenvalue weighted by Crippen LogP contribution is -2.50. The molecule has 0 bridgehead atoms. The second-order valence-electron chi connectivity index (χ2n) is 6.38. The molecule has 3 rings (SSSR count). The molecule has 1 aliphatic rings. The predicted molar refractivity (Wildman–Crippen MR) is 106 cm³/mol. The molecule has 5 heteroatoms. The van der Waals surface area contributed by atoms with Crippen molar-refractivity contribution in [1.29, 1.82) is 0 Å². The minimum Gasteiger partial charge on any atom is -0.494 e. The van der Waals surface area contributed by atoms with Crippen molar-refractivity contribution in [3.8, 4) is 5.75 Å². The van der Waals surface area contributed by atoms with E-state index in [2.05, 4.69) is 41.4 Å². The number of anilines is 2. The standard InChI is InChI=1S/C21H27N3O2/c1-3-17-5-7-18(8-6-17)22-21(25)24-15-13-23(14-16-24)19-9-11-20(12-10-19)26-4-2/h5-12H,3-4,13-16H2,1-2H3,(H,22,25). The Morgan fingerprint density at radius 1 is 0.962 bits per heavy atom. The van der Waals surface area contributed by atoms with Crippen LogP contribution >= 0.6 is 0 Å². The van der Waals surface area contributed by atoms with Crippen molar-refractivity contribution in [2.45, 2.75) is 20.3 Å². The summed E-state index contributed by atoms with van der Waals surface area (Å²) in [6.07, 6.45) is 1.00. The SMILES string of the molecule is CCOc1ccc(N2CCN(C(=O)Nc3ccc(CC)cc3)CC2)cc1. The Bertz CT molecular complexity index is 705. The van der Waals surface area contributed by atoms with Gasteiger partial charge in [0.1, 0.15) is 5.75 Å². The molecule has 0 aromatic heterocycles. The van der Waals surface area contributed by atoms with Crippen molar-refractivity contribution in [3.63, 3.8) is 0 Å². The zero-order chi connectivity index (χ0) is 18.4. The van der Waals surface area contributed by atoms with Crippen LogP contribution in [-0.2, 0) is 6.42 Å². The van der Waals surface area contributed by atoms with Crippen LogP contribution in [0.25, 0.3) is 0 Å². The van der Waals surface area contributed by atoms with Gasteiger partial charge in [0.15, 0.2) is 0 Å². The Morgan fingerprint density at radius 2 is 1.62 bits per heavy atom. The van der Waals surface area contributed by atoms with Gasteiger partial charge in [-0.05, 0) is 55.3 Å². The van der Waals surface area contributed by atoms with Crippen molar-refractivity contribution in [2.24, 2.45) is 0 Å². The highest BCUT2D eigenvalue weighted by Gasteiger charge is 2.21. The zero-order valence-corrected chi connectivity index (χ0v) is 15.6. The number of hydrogen-bond donors (Lipinski definition) is 1. The van der Waals surface area contributed by atoms with Gasteiger partial charge < -0.3 is 19.9 Å². The summed E-state index contributed by atoms with van der Waals surface area (Å²) in [7, 11) is 0. The summed E-state index contributed by atoms with van der Waals surface area (Å²) in [5.74, 6) is 0.892. The zero-order valence-electron chi connectivity index (χ0n) is 15.6. The highest BCUT2D eigenvalue weighted by molar-refractivity contribution is 5.89. The molecule has 2 aromatic rings. The Morgan fingerprint density at radius 3 is 2.19 bits per heavy atom. The van der Waals surface area contributed by atoms with E-state index in [9.17, 15) is 4.79 Å². The normalized spacial score (nSPS) is 14.2. The average molecular weight is 353 g/mol. The lowest BCUT2D eigenvalue weighted by Gasteiger charge is -2.36. The smallest absolute Gasteiger partial charge is 0.321 e. The van der Waals surface area contributed by atoms with E-state index in [1.807, 2.05) is 36.1 Å². The number of piperazine rings is 1. The minimum atomic E-state index is -0.0272. The monoisotopic (exact) mass is 353 g/mol. The van der Waals surface area contributed by atoms with Gasteiger partial charge >= 0.3 is 6.03 Å². The molecular formula is C21H27N3O2. The van der Waals surface area contributed by atoms with E-state index in [-0.39, 0.29) is 6.03 Å². The van der Waals surface area contributed by atoms with Gasteiger partial charge in [-0.15, -0.1) is 0 Å². The Labute approximate surface area is 155 Å². The van der Waals surface area contributed by atoms with Crippen molar-refractivity contribution in [2.75, 3.05) is 43.0 Å². The van der Waals surface area contributed by atoms with Gasteiger partial charge in [0.25, 0.3) is 0 Å². The number of nitrogens with zero attached hydrogens (tertiary/aromatic N) is 2. The quantitative estimate of drug-likeness (QED) is 0.884. The molecule has 0 radical (unpaired) electrons. The van der Waals surface area contributed by atoms with E-state index in [0.29, 0.717) is 19.7 Å². The van der Waals surface area contributed by atoms with Crippen LogP contribution in [0.2, 0.25) is 0 Å². The summed E-state index contributed by atoms with van der Waals surface area (Å²) < 4.78 is 5.49. The molecule has 1 N–H and O–H groups in total. The fraction of sp³-hybridized carbons (Fsp3) is 0.381. The van der Waals surface area contributed by atoms with E-state index in [1.165, 1.54) is 11.3 Å². The maximum Gasteiger partial charge on any atom is 0.321 e. The second-order valence-corrected chi connectivity index (χ2v) is 6.38. The number of urea groups is 1. The number of carbonyl (C=O) groups excluding carboxylic acids is 1. The van der Waals surface area contributed by atoms with E-state index in [1.54, 1.807) is 0 Å². The highest BCUT2D eigenvalue weighted by atomic mass is 16.5. The number of benzene rings is 2. The Balaban J connectivity index is 1.51. The average Bonchev–Trinajstić information content (AvgIpc) is 2.69. The van der Waals surface area contributed by atoms with Crippen LogP contribution in [0.3, 0.4) is 0 Å². The Kier molecular flexibility index (Phi) is 6.00. The van der Waals surface area contributed by atoms with E-state index < -0.39 is 0 Å². The molecule has 5 nitrogen and oxygen atoms in total. The molecule has 0 spiro atoms. The van der Waals surface area contributed by atoms with Crippen LogP contribution < -0.4 is 15.0 Å². The van der Waals surface area contributed by atoms with E-state index in [4.69, 9.17) is 4.74 Å². The number of aryl methyl sites for hydroxylation is 1. The fourth-order valence-corrected chi connectivity index (χ4v) is 3.11. The highest BCUT2D eigenvalue weighted by Crippen LogP contribution is 2.21. The largest absolute Gasteiger partial charge is 0.494 e. The van der Waals surface area contributed by atoms with Crippen LogP contribution in [0, 0.1) is 0 Å². The summed E-state index contributed by atoms with van der Waals surface area (Å²) >= 11 is 0. The first-order valence-electron chi connectivity index (χ1n) is 9.32. The molecule has 2 amide bonds. The number of carbonyl (C=O) groups is 1. The summed E-state index contributed by atoms with van der Waals surface area (Å²) in [5, 5.41) is 2.99. The first-order chi connectivity index (χ1) is 12.7. The lowest BCUT2D eigenvalue weighted by molar-refractivity contribution is 0.208. The maximum absolute atomic E-state index is 12.5. The third-order valence-electron chi connectivity index (χ3n) is 4.69. The molecular weight excluding hydrogens is 326 g/mol. The number of rotatable bonds is 5. The van der Waals surface area contributed by atoms with Crippen LogP contribution in [0.5, 0.6) is 5.75 Å².